The predicted octanol–water partition coefficient (Wildman–Crippen LogP) is 0.566. The summed E-state index contributed by atoms with van der Waals surface area (Å²) in [6.07, 6.45) is 0.347. The summed E-state index contributed by atoms with van der Waals surface area (Å²) < 4.78 is 0. The van der Waals surface area contributed by atoms with Gasteiger partial charge in [-0.05, 0) is 11.1 Å². The molecule has 0 unspecified atom stereocenters. The number of carbonyl (C=O) groups excluding carboxylic acids is 1. The molecule has 90 valence electrons. The lowest BCUT2D eigenvalue weighted by atomic mass is 10.1. The molecule has 0 aromatic heterocycles. The Labute approximate surface area is 101 Å². The van der Waals surface area contributed by atoms with E-state index in [4.69, 9.17) is 10.8 Å². The van der Waals surface area contributed by atoms with Gasteiger partial charge in [0, 0.05) is 19.5 Å². The van der Waals surface area contributed by atoms with E-state index in [1.165, 1.54) is 0 Å². The van der Waals surface area contributed by atoms with Crippen LogP contribution in [0.2, 0.25) is 0 Å². The van der Waals surface area contributed by atoms with Crippen molar-refractivity contribution in [3.63, 3.8) is 0 Å². The third-order valence-electron chi connectivity index (χ3n) is 2.04. The molecule has 1 amide bonds. The Morgan fingerprint density at radius 3 is 2.69 bits per heavy atom. The van der Waals surface area contributed by atoms with Crippen molar-refractivity contribution in [3.05, 3.63) is 35.4 Å². The van der Waals surface area contributed by atoms with Crippen molar-refractivity contribution in [1.29, 1.82) is 0 Å². The highest BCUT2D eigenvalue weighted by Gasteiger charge is 1.99. The lowest BCUT2D eigenvalue weighted by Crippen LogP contribution is -2.25. The van der Waals surface area contributed by atoms with Crippen LogP contribution in [0.25, 0.3) is 0 Å². The number of benzene rings is 1. The lowest BCUT2D eigenvalue weighted by Gasteiger charge is -2.05. The van der Waals surface area contributed by atoms with Crippen LogP contribution in [0, 0.1) is 0 Å². The molecule has 0 heterocycles. The van der Waals surface area contributed by atoms with Crippen LogP contribution in [-0.4, -0.2) is 17.6 Å². The fraction of sp³-hybridized carbons (Fsp3) is 0.364. The van der Waals surface area contributed by atoms with Crippen LogP contribution in [0.15, 0.2) is 24.3 Å². The molecule has 16 heavy (non-hydrogen) atoms. The summed E-state index contributed by atoms with van der Waals surface area (Å²) in [5, 5.41) is 11.7. The van der Waals surface area contributed by atoms with Crippen LogP contribution in [0.5, 0.6) is 0 Å². The number of nitrogens with one attached hydrogen (secondary N) is 1. The van der Waals surface area contributed by atoms with Gasteiger partial charge in [0.1, 0.15) is 0 Å². The SMILES string of the molecule is Cl.NCCC(=O)NCc1cccc(CO)c1. The molecule has 0 saturated carbocycles. The highest BCUT2D eigenvalue weighted by Crippen LogP contribution is 2.04. The molecule has 0 aliphatic carbocycles. The van der Waals surface area contributed by atoms with Gasteiger partial charge in [0.2, 0.25) is 5.91 Å². The Hall–Kier alpha value is -1.10. The highest BCUT2D eigenvalue weighted by molar-refractivity contribution is 5.85. The van der Waals surface area contributed by atoms with Gasteiger partial charge in [-0.3, -0.25) is 4.79 Å². The smallest absolute Gasteiger partial charge is 0.221 e. The molecule has 0 radical (unpaired) electrons. The van der Waals surface area contributed by atoms with Gasteiger partial charge in [0.05, 0.1) is 6.61 Å². The summed E-state index contributed by atoms with van der Waals surface area (Å²) in [7, 11) is 0. The number of hydrogen-bond donors (Lipinski definition) is 3. The van der Waals surface area contributed by atoms with Crippen LogP contribution >= 0.6 is 12.4 Å². The second-order valence-electron chi connectivity index (χ2n) is 3.29. The number of aliphatic hydroxyl groups excluding tert-OH is 1. The van der Waals surface area contributed by atoms with Gasteiger partial charge >= 0.3 is 0 Å². The van der Waals surface area contributed by atoms with Gasteiger partial charge in [-0.25, -0.2) is 0 Å². The van der Waals surface area contributed by atoms with E-state index in [0.717, 1.165) is 11.1 Å². The predicted molar refractivity (Wildman–Crippen MR) is 65.1 cm³/mol. The van der Waals surface area contributed by atoms with Gasteiger partial charge in [-0.15, -0.1) is 12.4 Å². The largest absolute Gasteiger partial charge is 0.392 e. The summed E-state index contributed by atoms with van der Waals surface area (Å²) in [4.78, 5) is 11.1. The second kappa shape index (κ2) is 8.10. The fourth-order valence-electron chi connectivity index (χ4n) is 1.26. The van der Waals surface area contributed by atoms with Crippen molar-refractivity contribution in [1.82, 2.24) is 5.32 Å². The molecular weight excluding hydrogens is 228 g/mol. The maximum Gasteiger partial charge on any atom is 0.221 e. The molecule has 1 aromatic rings. The number of nitrogens with two attached hydrogens (primary N) is 1. The number of amides is 1. The van der Waals surface area contributed by atoms with E-state index in [1.54, 1.807) is 0 Å². The summed E-state index contributed by atoms with van der Waals surface area (Å²) in [5.41, 5.74) is 7.08. The minimum Gasteiger partial charge on any atom is -0.392 e. The first-order valence-electron chi connectivity index (χ1n) is 4.91. The zero-order valence-electron chi connectivity index (χ0n) is 8.98. The van der Waals surface area contributed by atoms with Crippen molar-refractivity contribution in [3.8, 4) is 0 Å². The Balaban J connectivity index is 0.00000225. The van der Waals surface area contributed by atoms with Crippen molar-refractivity contribution in [2.75, 3.05) is 6.54 Å². The molecule has 1 aromatic carbocycles. The maximum atomic E-state index is 11.1. The molecule has 0 saturated heterocycles. The number of carbonyl (C=O) groups is 1. The van der Waals surface area contributed by atoms with E-state index in [0.29, 0.717) is 19.5 Å². The first kappa shape index (κ1) is 14.9. The molecule has 0 bridgehead atoms. The fourth-order valence-corrected chi connectivity index (χ4v) is 1.26. The van der Waals surface area contributed by atoms with Crippen molar-refractivity contribution in [2.24, 2.45) is 5.73 Å². The first-order chi connectivity index (χ1) is 7.26. The summed E-state index contributed by atoms with van der Waals surface area (Å²) in [6, 6.07) is 7.46. The van der Waals surface area contributed by atoms with Crippen molar-refractivity contribution in [2.45, 2.75) is 19.6 Å². The van der Waals surface area contributed by atoms with Crippen LogP contribution in [0.3, 0.4) is 0 Å². The normalized spacial score (nSPS) is 9.38. The topological polar surface area (TPSA) is 75.4 Å². The van der Waals surface area contributed by atoms with Gasteiger partial charge in [0.25, 0.3) is 0 Å². The van der Waals surface area contributed by atoms with Crippen LogP contribution in [-0.2, 0) is 17.9 Å². The van der Waals surface area contributed by atoms with E-state index in [2.05, 4.69) is 5.32 Å². The van der Waals surface area contributed by atoms with Gasteiger partial charge in [0.15, 0.2) is 0 Å². The molecule has 5 heteroatoms. The molecule has 0 aliphatic rings. The van der Waals surface area contributed by atoms with E-state index >= 15 is 0 Å². The molecule has 0 atom stereocenters. The second-order valence-corrected chi connectivity index (χ2v) is 3.29. The summed E-state index contributed by atoms with van der Waals surface area (Å²) in [6.45, 7) is 0.861. The van der Waals surface area contributed by atoms with Gasteiger partial charge in [-0.1, -0.05) is 24.3 Å². The zero-order chi connectivity index (χ0) is 11.1. The summed E-state index contributed by atoms with van der Waals surface area (Å²) >= 11 is 0. The Morgan fingerprint density at radius 1 is 1.38 bits per heavy atom. The van der Waals surface area contributed by atoms with Gasteiger partial charge < -0.3 is 16.2 Å². The van der Waals surface area contributed by atoms with Crippen molar-refractivity contribution < 1.29 is 9.90 Å². The van der Waals surface area contributed by atoms with Crippen LogP contribution in [0.1, 0.15) is 17.5 Å². The molecular formula is C11H17ClN2O2. The molecule has 4 nitrogen and oxygen atoms in total. The quantitative estimate of drug-likeness (QED) is 0.709. The van der Waals surface area contributed by atoms with E-state index in [9.17, 15) is 4.79 Å². The lowest BCUT2D eigenvalue weighted by molar-refractivity contribution is -0.121. The molecule has 4 N–H and O–H groups in total. The van der Waals surface area contributed by atoms with Crippen molar-refractivity contribution >= 4 is 18.3 Å². The van der Waals surface area contributed by atoms with E-state index in [1.807, 2.05) is 24.3 Å². The number of halogens is 1. The van der Waals surface area contributed by atoms with Crippen LogP contribution in [0.4, 0.5) is 0 Å². The molecule has 1 rings (SSSR count). The Morgan fingerprint density at radius 2 is 2.06 bits per heavy atom. The zero-order valence-corrected chi connectivity index (χ0v) is 9.80. The monoisotopic (exact) mass is 244 g/mol. The molecule has 0 spiro atoms. The number of aliphatic hydroxyl groups is 1. The minimum absolute atomic E-state index is 0. The Kier molecular flexibility index (Phi) is 7.54. The first-order valence-corrected chi connectivity index (χ1v) is 4.91. The maximum absolute atomic E-state index is 11.1. The Bertz CT molecular complexity index is 332. The standard InChI is InChI=1S/C11H16N2O2.ClH/c12-5-4-11(15)13-7-9-2-1-3-10(6-9)8-14;/h1-3,6,14H,4-5,7-8,12H2,(H,13,15);1H. The van der Waals surface area contributed by atoms with Crippen LogP contribution < -0.4 is 11.1 Å². The average Bonchev–Trinajstić information content (AvgIpc) is 2.27. The highest BCUT2D eigenvalue weighted by atomic mass is 35.5. The molecule has 0 fully saturated rings. The van der Waals surface area contributed by atoms with Gasteiger partial charge in [-0.2, -0.15) is 0 Å². The van der Waals surface area contributed by atoms with E-state index < -0.39 is 0 Å². The van der Waals surface area contributed by atoms with E-state index in [-0.39, 0.29) is 24.9 Å². The summed E-state index contributed by atoms with van der Waals surface area (Å²) in [5.74, 6) is -0.0492. The number of rotatable bonds is 5. The number of hydrogen-bond acceptors (Lipinski definition) is 3. The third-order valence-corrected chi connectivity index (χ3v) is 2.04. The minimum atomic E-state index is -0.0492. The average molecular weight is 245 g/mol. The third kappa shape index (κ3) is 5.11. The molecule has 0 aliphatic heterocycles.